The third kappa shape index (κ3) is 6.66. The van der Waals surface area contributed by atoms with Crippen LogP contribution in [0.1, 0.15) is 0 Å². The van der Waals surface area contributed by atoms with E-state index in [1.54, 1.807) is 0 Å². The molecule has 0 aliphatic rings. The van der Waals surface area contributed by atoms with Crippen molar-refractivity contribution in [3.63, 3.8) is 0 Å². The van der Waals surface area contributed by atoms with Crippen molar-refractivity contribution in [3.8, 4) is 51.0 Å². The van der Waals surface area contributed by atoms with Crippen molar-refractivity contribution in [1.29, 1.82) is 0 Å². The standard InChI is InChI=1S/C36H24N2.C24H17N3/c1-5-13-33-29(9-1)30-10-2-6-14-34(30)37(33)27-21-17-25(18-22-27)26-19-23-28(24-20-26)38-35-15-7-3-11-31(35)32-12-4-8-16-36(32)38;1-3-11-19(12-4-1)23-25-26-24(20-13-5-2-6-14-20)27(23)22-17-9-15-18-10-7-8-16-21(18)22/h1-24H;1-17H. The molecule has 10 aromatic carbocycles. The molecule has 3 heterocycles. The van der Waals surface area contributed by atoms with Gasteiger partial charge in [-0.1, -0.05) is 194 Å². The van der Waals surface area contributed by atoms with Crippen molar-refractivity contribution in [2.75, 3.05) is 0 Å². The van der Waals surface area contributed by atoms with Crippen molar-refractivity contribution in [2.24, 2.45) is 0 Å². The van der Waals surface area contributed by atoms with Gasteiger partial charge >= 0.3 is 0 Å². The summed E-state index contributed by atoms with van der Waals surface area (Å²) < 4.78 is 6.88. The van der Waals surface area contributed by atoms with Gasteiger partial charge in [-0.25, -0.2) is 0 Å². The largest absolute Gasteiger partial charge is 0.309 e. The Bertz CT molecular complexity index is 3480. The van der Waals surface area contributed by atoms with Gasteiger partial charge in [0, 0.05) is 49.4 Å². The molecule has 0 saturated heterocycles. The van der Waals surface area contributed by atoms with Crippen LogP contribution in [0.2, 0.25) is 0 Å². The van der Waals surface area contributed by atoms with E-state index < -0.39 is 0 Å². The second-order valence-corrected chi connectivity index (χ2v) is 16.2. The van der Waals surface area contributed by atoms with Crippen LogP contribution in [-0.4, -0.2) is 23.9 Å². The average Bonchev–Trinajstić information content (AvgIpc) is 4.08. The highest BCUT2D eigenvalue weighted by Gasteiger charge is 2.19. The molecule has 0 radical (unpaired) electrons. The molecular formula is C60H41N5. The molecular weight excluding hydrogens is 791 g/mol. The molecule has 0 N–H and O–H groups in total. The second kappa shape index (κ2) is 16.2. The van der Waals surface area contributed by atoms with Gasteiger partial charge in [-0.05, 0) is 71.1 Å². The Morgan fingerprint density at radius 2 is 0.569 bits per heavy atom. The Labute approximate surface area is 376 Å². The monoisotopic (exact) mass is 831 g/mol. The highest BCUT2D eigenvalue weighted by atomic mass is 15.3. The fraction of sp³-hybridized carbons (Fsp3) is 0. The minimum absolute atomic E-state index is 0.839. The van der Waals surface area contributed by atoms with E-state index in [9.17, 15) is 0 Å². The van der Waals surface area contributed by atoms with E-state index in [0.29, 0.717) is 0 Å². The summed E-state index contributed by atoms with van der Waals surface area (Å²) in [5.41, 5.74) is 12.9. The minimum Gasteiger partial charge on any atom is -0.309 e. The van der Waals surface area contributed by atoms with E-state index in [1.165, 1.54) is 76.9 Å². The topological polar surface area (TPSA) is 40.6 Å². The van der Waals surface area contributed by atoms with Gasteiger partial charge in [0.25, 0.3) is 0 Å². The summed E-state index contributed by atoms with van der Waals surface area (Å²) in [4.78, 5) is 0. The van der Waals surface area contributed by atoms with E-state index >= 15 is 0 Å². The van der Waals surface area contributed by atoms with Crippen molar-refractivity contribution in [1.82, 2.24) is 23.9 Å². The first-order valence-electron chi connectivity index (χ1n) is 22.0. The van der Waals surface area contributed by atoms with E-state index in [2.05, 4.69) is 236 Å². The highest BCUT2D eigenvalue weighted by Crippen LogP contribution is 2.36. The van der Waals surface area contributed by atoms with Gasteiger partial charge in [-0.3, -0.25) is 4.57 Å². The Morgan fingerprint density at radius 3 is 0.985 bits per heavy atom. The molecule has 0 fully saturated rings. The van der Waals surface area contributed by atoms with Crippen molar-refractivity contribution in [3.05, 3.63) is 249 Å². The number of aromatic nitrogens is 5. The summed E-state index contributed by atoms with van der Waals surface area (Å²) in [5.74, 6) is 1.68. The maximum absolute atomic E-state index is 4.56. The molecule has 5 heteroatoms. The SMILES string of the molecule is c1ccc(-c2nnc(-c3ccccc3)n2-c2cccc3ccccc23)cc1.c1ccc2c(c1)c1ccccc1n2-c1ccc(-c2ccc(-n3c4ccccc4c4ccccc43)cc2)cc1. The van der Waals surface area contributed by atoms with E-state index in [1.807, 2.05) is 36.4 Å². The third-order valence-electron chi connectivity index (χ3n) is 12.5. The maximum atomic E-state index is 4.56. The molecule has 65 heavy (non-hydrogen) atoms. The molecule has 13 rings (SSSR count). The molecule has 0 spiro atoms. The van der Waals surface area contributed by atoms with Crippen LogP contribution in [0.4, 0.5) is 0 Å². The number of hydrogen-bond donors (Lipinski definition) is 0. The number of rotatable bonds is 6. The fourth-order valence-corrected chi connectivity index (χ4v) is 9.47. The molecule has 0 amide bonds. The van der Waals surface area contributed by atoms with Crippen LogP contribution in [0.15, 0.2) is 249 Å². The van der Waals surface area contributed by atoms with Gasteiger partial charge < -0.3 is 9.13 Å². The van der Waals surface area contributed by atoms with Crippen LogP contribution in [0.25, 0.3) is 105 Å². The Morgan fingerprint density at radius 1 is 0.231 bits per heavy atom. The lowest BCUT2D eigenvalue weighted by molar-refractivity contribution is 1.08. The Hall–Kier alpha value is -8.80. The van der Waals surface area contributed by atoms with Crippen LogP contribution >= 0.6 is 0 Å². The first kappa shape index (κ1) is 37.9. The fourth-order valence-electron chi connectivity index (χ4n) is 9.47. The number of hydrogen-bond acceptors (Lipinski definition) is 2. The highest BCUT2D eigenvalue weighted by molar-refractivity contribution is 6.10. The summed E-state index contributed by atoms with van der Waals surface area (Å²) in [5, 5.41) is 16.6. The molecule has 13 aromatic rings. The van der Waals surface area contributed by atoms with Crippen LogP contribution < -0.4 is 0 Å². The van der Waals surface area contributed by atoms with Crippen LogP contribution in [0.5, 0.6) is 0 Å². The predicted octanol–water partition coefficient (Wildman–Crippen LogP) is 15.3. The quantitative estimate of drug-likeness (QED) is 0.167. The summed E-state index contributed by atoms with van der Waals surface area (Å²) >= 11 is 0. The van der Waals surface area contributed by atoms with Gasteiger partial charge in [-0.15, -0.1) is 10.2 Å². The zero-order valence-corrected chi connectivity index (χ0v) is 35.4. The van der Waals surface area contributed by atoms with E-state index in [-0.39, 0.29) is 0 Å². The second-order valence-electron chi connectivity index (χ2n) is 16.2. The van der Waals surface area contributed by atoms with Crippen molar-refractivity contribution in [2.45, 2.75) is 0 Å². The van der Waals surface area contributed by atoms with Crippen LogP contribution in [0, 0.1) is 0 Å². The molecule has 0 saturated carbocycles. The summed E-state index contributed by atoms with van der Waals surface area (Å²) in [6, 6.07) is 87.6. The minimum atomic E-state index is 0.839. The van der Waals surface area contributed by atoms with Crippen molar-refractivity contribution >= 4 is 54.4 Å². The zero-order valence-electron chi connectivity index (χ0n) is 35.4. The Balaban J connectivity index is 0.000000145. The number of nitrogens with zero attached hydrogens (tertiary/aromatic N) is 5. The molecule has 0 bridgehead atoms. The summed E-state index contributed by atoms with van der Waals surface area (Å²) in [7, 11) is 0. The zero-order chi connectivity index (χ0) is 43.1. The maximum Gasteiger partial charge on any atom is 0.168 e. The lowest BCUT2D eigenvalue weighted by Crippen LogP contribution is -2.01. The van der Waals surface area contributed by atoms with Gasteiger partial charge in [0.2, 0.25) is 0 Å². The van der Waals surface area contributed by atoms with Crippen LogP contribution in [-0.2, 0) is 0 Å². The lowest BCUT2D eigenvalue weighted by atomic mass is 10.0. The van der Waals surface area contributed by atoms with Gasteiger partial charge in [0.1, 0.15) is 0 Å². The third-order valence-corrected chi connectivity index (χ3v) is 12.5. The van der Waals surface area contributed by atoms with Gasteiger partial charge in [-0.2, -0.15) is 0 Å². The van der Waals surface area contributed by atoms with Gasteiger partial charge in [0.05, 0.1) is 27.8 Å². The Kier molecular flexibility index (Phi) is 9.42. The van der Waals surface area contributed by atoms with E-state index in [0.717, 1.165) is 28.5 Å². The van der Waals surface area contributed by atoms with Gasteiger partial charge in [0.15, 0.2) is 11.6 Å². The summed E-state index contributed by atoms with van der Waals surface area (Å²) in [6.45, 7) is 0. The molecule has 0 atom stereocenters. The molecule has 306 valence electrons. The molecule has 5 nitrogen and oxygen atoms in total. The normalized spacial score (nSPS) is 11.4. The van der Waals surface area contributed by atoms with Crippen molar-refractivity contribution < 1.29 is 0 Å². The smallest absolute Gasteiger partial charge is 0.168 e. The molecule has 0 aliphatic carbocycles. The molecule has 3 aromatic heterocycles. The number of fused-ring (bicyclic) bond motifs is 7. The number of benzene rings is 10. The first-order chi connectivity index (χ1) is 32.3. The number of para-hydroxylation sites is 4. The molecule has 0 aliphatic heterocycles. The van der Waals surface area contributed by atoms with Crippen LogP contribution in [0.3, 0.4) is 0 Å². The predicted molar refractivity (Wildman–Crippen MR) is 270 cm³/mol. The lowest BCUT2D eigenvalue weighted by Gasteiger charge is -2.13. The summed E-state index contributed by atoms with van der Waals surface area (Å²) in [6.07, 6.45) is 0. The van der Waals surface area contributed by atoms with E-state index in [4.69, 9.17) is 0 Å². The average molecular weight is 832 g/mol. The first-order valence-corrected chi connectivity index (χ1v) is 22.0. The molecule has 0 unspecified atom stereocenters.